The molecular formula is C46H44IrN4O-2. The summed E-state index contributed by atoms with van der Waals surface area (Å²) in [6.07, 6.45) is 1.39. The van der Waals surface area contributed by atoms with E-state index in [0.29, 0.717) is 11.8 Å². The Morgan fingerprint density at radius 2 is 1.50 bits per heavy atom. The summed E-state index contributed by atoms with van der Waals surface area (Å²) in [5.74, 6) is 1.47. The van der Waals surface area contributed by atoms with Gasteiger partial charge in [0.05, 0.1) is 16.9 Å². The van der Waals surface area contributed by atoms with Crippen molar-refractivity contribution >= 4 is 33.1 Å². The molecule has 6 heteroatoms. The Morgan fingerprint density at radius 3 is 2.15 bits per heavy atom. The Kier molecular flexibility index (Phi) is 9.50. The average Bonchev–Trinajstić information content (AvgIpc) is 3.73. The van der Waals surface area contributed by atoms with E-state index in [1.165, 1.54) is 23.0 Å². The summed E-state index contributed by atoms with van der Waals surface area (Å²) in [7, 11) is 0. The minimum atomic E-state index is -2.09. The van der Waals surface area contributed by atoms with Gasteiger partial charge in [-0.05, 0) is 59.3 Å². The molecule has 4 heterocycles. The molecule has 0 spiro atoms. The van der Waals surface area contributed by atoms with E-state index in [4.69, 9.17) is 18.5 Å². The molecule has 0 bridgehead atoms. The Hall–Kier alpha value is -4.90. The van der Waals surface area contributed by atoms with E-state index in [9.17, 15) is 0 Å². The smallest absolute Gasteiger partial charge is 0.168 e. The Morgan fingerprint density at radius 1 is 0.750 bits per heavy atom. The monoisotopic (exact) mass is 864 g/mol. The van der Waals surface area contributed by atoms with Crippen LogP contribution in [0.5, 0.6) is 0 Å². The predicted molar refractivity (Wildman–Crippen MR) is 211 cm³/mol. The van der Waals surface area contributed by atoms with E-state index in [1.807, 2.05) is 36.4 Å². The van der Waals surface area contributed by atoms with E-state index in [2.05, 4.69) is 119 Å². The van der Waals surface area contributed by atoms with Gasteiger partial charge in [0.25, 0.3) is 0 Å². The molecule has 0 aliphatic rings. The van der Waals surface area contributed by atoms with Gasteiger partial charge in [0.15, 0.2) is 5.65 Å². The molecule has 4 aromatic heterocycles. The molecule has 0 amide bonds. The zero-order valence-electron chi connectivity index (χ0n) is 33.6. The summed E-state index contributed by atoms with van der Waals surface area (Å²) in [6, 6.07) is 40.5. The third-order valence-electron chi connectivity index (χ3n) is 9.16. The van der Waals surface area contributed by atoms with Crippen LogP contribution in [0.1, 0.15) is 86.8 Å². The average molecular weight is 864 g/mol. The van der Waals surface area contributed by atoms with Gasteiger partial charge in [-0.2, -0.15) is 0 Å². The van der Waals surface area contributed by atoms with Crippen LogP contribution in [0, 0.1) is 19.0 Å². The maximum atomic E-state index is 7.23. The van der Waals surface area contributed by atoms with Crippen molar-refractivity contribution in [2.24, 2.45) is 0 Å². The van der Waals surface area contributed by atoms with Crippen molar-refractivity contribution in [2.45, 2.75) is 72.6 Å². The molecule has 265 valence electrons. The van der Waals surface area contributed by atoms with Crippen molar-refractivity contribution < 1.29 is 28.6 Å². The number of aromatic nitrogens is 4. The van der Waals surface area contributed by atoms with Gasteiger partial charge in [0.1, 0.15) is 5.58 Å². The van der Waals surface area contributed by atoms with Crippen LogP contribution < -0.4 is 0 Å². The number of pyridine rings is 2. The number of hydrogen-bond acceptors (Lipinski definition) is 4. The minimum absolute atomic E-state index is 0. The second-order valence-electron chi connectivity index (χ2n) is 14.6. The van der Waals surface area contributed by atoms with Crippen molar-refractivity contribution in [3.8, 4) is 28.3 Å². The molecule has 8 rings (SSSR count). The van der Waals surface area contributed by atoms with Crippen molar-refractivity contribution in [1.82, 2.24) is 19.5 Å². The van der Waals surface area contributed by atoms with Crippen LogP contribution in [0.25, 0.3) is 61.4 Å². The van der Waals surface area contributed by atoms with Crippen LogP contribution in [-0.4, -0.2) is 19.5 Å². The molecule has 0 saturated carbocycles. The van der Waals surface area contributed by atoms with Crippen LogP contribution >= 0.6 is 0 Å². The van der Waals surface area contributed by atoms with Crippen LogP contribution in [0.4, 0.5) is 0 Å². The van der Waals surface area contributed by atoms with Gasteiger partial charge in [0, 0.05) is 52.6 Å². The fraction of sp³-hybridized carbons (Fsp3) is 0.239. The summed E-state index contributed by atoms with van der Waals surface area (Å²) >= 11 is 0. The first kappa shape index (κ1) is 33.0. The molecule has 4 aromatic carbocycles. The zero-order chi connectivity index (χ0) is 38.4. The molecule has 52 heavy (non-hydrogen) atoms. The summed E-state index contributed by atoms with van der Waals surface area (Å²) < 4.78 is 30.5. The number of imidazole rings is 1. The van der Waals surface area contributed by atoms with E-state index in [-0.39, 0.29) is 31.1 Å². The normalized spacial score (nSPS) is 12.8. The molecule has 0 atom stereocenters. The maximum Gasteiger partial charge on any atom is 0.168 e. The zero-order valence-corrected chi connectivity index (χ0v) is 33.0. The van der Waals surface area contributed by atoms with E-state index in [1.54, 1.807) is 18.2 Å². The third kappa shape index (κ3) is 7.11. The van der Waals surface area contributed by atoms with Crippen LogP contribution in [0.3, 0.4) is 0 Å². The van der Waals surface area contributed by atoms with Gasteiger partial charge in [-0.3, -0.25) is 4.98 Å². The second kappa shape index (κ2) is 15.0. The van der Waals surface area contributed by atoms with Crippen molar-refractivity contribution in [3.05, 3.63) is 144 Å². The number of rotatable bonds is 5. The van der Waals surface area contributed by atoms with E-state index >= 15 is 0 Å². The Bertz CT molecular complexity index is 2560. The minimum Gasteiger partial charge on any atom is -0.501 e. The first-order valence-corrected chi connectivity index (χ1v) is 17.5. The SMILES string of the molecule is CC(C)c1cccc(C(C)C)c1-n1c(-c2[c-]ccc3c2oc2ccccc23)nc2nc(C(C)(C)C)ccc21.[2H]C([2H])([2H])c1ccc(-c2[c-]cccc2)nc1.[Ir]. The summed E-state index contributed by atoms with van der Waals surface area (Å²) in [6.45, 7) is 13.5. The van der Waals surface area contributed by atoms with Gasteiger partial charge < -0.3 is 14.0 Å². The standard InChI is InChI=1S/C34H34N3O.C12H10N.Ir/c1-20(2)22-13-10-14-23(21(3)4)30(22)37-27-18-19-29(34(5,6)7)35-32(27)36-33(37)26-16-11-15-25-24-12-8-9-17-28(24)38-31(25)26;1-10-7-8-12(13-9-10)11-5-3-2-4-6-11;/h8-15,17-21H,1-7H3;2-5,7-9H,1H3;/q2*-1;/i;1D3;. The number of para-hydroxylation sites is 2. The molecule has 1 radical (unpaired) electrons. The number of aryl methyl sites for hydroxylation is 1. The first-order valence-electron chi connectivity index (χ1n) is 19.0. The molecule has 0 fully saturated rings. The molecule has 0 aliphatic carbocycles. The van der Waals surface area contributed by atoms with Crippen LogP contribution in [-0.2, 0) is 25.5 Å². The fourth-order valence-electron chi connectivity index (χ4n) is 6.51. The molecule has 0 saturated heterocycles. The van der Waals surface area contributed by atoms with E-state index < -0.39 is 6.85 Å². The Balaban J connectivity index is 0.000000254. The topological polar surface area (TPSA) is 56.7 Å². The Labute approximate surface area is 324 Å². The second-order valence-corrected chi connectivity index (χ2v) is 14.6. The van der Waals surface area contributed by atoms with E-state index in [0.717, 1.165) is 61.4 Å². The van der Waals surface area contributed by atoms with Gasteiger partial charge in [0.2, 0.25) is 0 Å². The van der Waals surface area contributed by atoms with Crippen molar-refractivity contribution in [3.63, 3.8) is 0 Å². The predicted octanol–water partition coefficient (Wildman–Crippen LogP) is 12.2. The molecule has 8 aromatic rings. The summed E-state index contributed by atoms with van der Waals surface area (Å²) in [5.41, 5.74) is 10.8. The maximum absolute atomic E-state index is 7.23. The van der Waals surface area contributed by atoms with Crippen LogP contribution in [0.15, 0.2) is 114 Å². The largest absolute Gasteiger partial charge is 0.501 e. The fourth-order valence-corrected chi connectivity index (χ4v) is 6.51. The number of fused-ring (bicyclic) bond motifs is 4. The van der Waals surface area contributed by atoms with Gasteiger partial charge >= 0.3 is 0 Å². The molecule has 0 aliphatic heterocycles. The molecule has 0 unspecified atom stereocenters. The molecule has 5 nitrogen and oxygen atoms in total. The van der Waals surface area contributed by atoms with Crippen molar-refractivity contribution in [2.75, 3.05) is 0 Å². The number of hydrogen-bond donors (Lipinski definition) is 0. The summed E-state index contributed by atoms with van der Waals surface area (Å²) in [5, 5.41) is 2.16. The van der Waals surface area contributed by atoms with Gasteiger partial charge in [-0.15, -0.1) is 54.1 Å². The number of benzene rings is 4. The van der Waals surface area contributed by atoms with Gasteiger partial charge in [-0.1, -0.05) is 108 Å². The number of nitrogens with zero attached hydrogens (tertiary/aromatic N) is 4. The third-order valence-corrected chi connectivity index (χ3v) is 9.16. The van der Waals surface area contributed by atoms with Crippen LogP contribution in [0.2, 0.25) is 0 Å². The molecular weight excluding hydrogens is 817 g/mol. The number of furan rings is 1. The first-order chi connectivity index (χ1) is 25.7. The van der Waals surface area contributed by atoms with Crippen molar-refractivity contribution in [1.29, 1.82) is 0 Å². The van der Waals surface area contributed by atoms with Gasteiger partial charge in [-0.25, -0.2) is 4.98 Å². The quantitative estimate of drug-likeness (QED) is 0.162. The molecule has 0 N–H and O–H groups in total. The summed E-state index contributed by atoms with van der Waals surface area (Å²) in [4.78, 5) is 14.4.